The van der Waals surface area contributed by atoms with E-state index >= 15 is 0 Å². The molecule has 1 unspecified atom stereocenters. The minimum atomic E-state index is -0.384. The van der Waals surface area contributed by atoms with Gasteiger partial charge in [0, 0.05) is 19.9 Å². The van der Waals surface area contributed by atoms with E-state index < -0.39 is 0 Å². The van der Waals surface area contributed by atoms with Gasteiger partial charge in [-0.1, -0.05) is 17.4 Å². The molecule has 1 fully saturated rings. The average Bonchev–Trinajstić information content (AvgIpc) is 3.32. The zero-order valence-electron chi connectivity index (χ0n) is 13.7. The number of ether oxygens (including phenoxy) is 1. The van der Waals surface area contributed by atoms with Crippen LogP contribution < -0.4 is 4.90 Å². The number of hydrogen-bond donors (Lipinski definition) is 0. The lowest BCUT2D eigenvalue weighted by Crippen LogP contribution is -2.38. The van der Waals surface area contributed by atoms with Crippen LogP contribution in [0, 0.1) is 5.82 Å². The van der Waals surface area contributed by atoms with Crippen LogP contribution in [0.1, 0.15) is 23.3 Å². The highest BCUT2D eigenvalue weighted by Gasteiger charge is 2.28. The van der Waals surface area contributed by atoms with Crippen LogP contribution in [-0.4, -0.2) is 39.9 Å². The molecular weight excluding hydrogens is 343 g/mol. The van der Waals surface area contributed by atoms with Gasteiger partial charge in [-0.15, -0.1) is 0 Å². The Balaban J connectivity index is 1.74. The predicted octanol–water partition coefficient (Wildman–Crippen LogP) is 2.99. The molecule has 1 aliphatic rings. The number of thiazole rings is 1. The molecule has 1 saturated heterocycles. The molecule has 0 spiro atoms. The number of carbonyl (C=O) groups excluding carboxylic acids is 1. The first-order chi connectivity index (χ1) is 12.1. The monoisotopic (exact) mass is 360 g/mol. The Morgan fingerprint density at radius 1 is 1.48 bits per heavy atom. The number of hydrogen-bond acceptors (Lipinski definition) is 5. The fourth-order valence-corrected chi connectivity index (χ4v) is 3.97. The lowest BCUT2D eigenvalue weighted by molar-refractivity contribution is 0.0909. The smallest absolute Gasteiger partial charge is 0.278 e. The number of benzene rings is 1. The predicted molar refractivity (Wildman–Crippen MR) is 93.4 cm³/mol. The number of carbonyl (C=O) groups is 1. The Labute approximate surface area is 147 Å². The van der Waals surface area contributed by atoms with Crippen molar-refractivity contribution in [1.82, 2.24) is 14.8 Å². The summed E-state index contributed by atoms with van der Waals surface area (Å²) in [5.74, 6) is -0.597. The van der Waals surface area contributed by atoms with Crippen molar-refractivity contribution in [3.05, 3.63) is 42.0 Å². The topological polar surface area (TPSA) is 60.2 Å². The van der Waals surface area contributed by atoms with Crippen molar-refractivity contribution in [2.75, 3.05) is 18.1 Å². The third-order valence-electron chi connectivity index (χ3n) is 4.28. The van der Waals surface area contributed by atoms with E-state index in [9.17, 15) is 9.18 Å². The van der Waals surface area contributed by atoms with E-state index in [-0.39, 0.29) is 23.3 Å². The maximum absolute atomic E-state index is 14.0. The zero-order chi connectivity index (χ0) is 17.4. The SMILES string of the molecule is Cn1nccc1C(=O)N(CC1CCCO1)c1nc2c(F)cccc2s1. The first kappa shape index (κ1) is 16.2. The van der Waals surface area contributed by atoms with Gasteiger partial charge in [0.1, 0.15) is 17.0 Å². The van der Waals surface area contributed by atoms with Crippen LogP contribution in [0.2, 0.25) is 0 Å². The van der Waals surface area contributed by atoms with Gasteiger partial charge in [-0.05, 0) is 31.0 Å². The van der Waals surface area contributed by atoms with Crippen LogP contribution in [0.3, 0.4) is 0 Å². The molecule has 1 atom stereocenters. The average molecular weight is 360 g/mol. The Hall–Kier alpha value is -2.32. The molecule has 1 amide bonds. The first-order valence-electron chi connectivity index (χ1n) is 8.10. The maximum atomic E-state index is 14.0. The lowest BCUT2D eigenvalue weighted by Gasteiger charge is -2.22. The van der Waals surface area contributed by atoms with Gasteiger partial charge < -0.3 is 4.74 Å². The molecule has 1 aromatic carbocycles. The number of amides is 1. The van der Waals surface area contributed by atoms with Crippen LogP contribution in [0.25, 0.3) is 10.2 Å². The maximum Gasteiger partial charge on any atom is 0.278 e. The molecule has 0 N–H and O–H groups in total. The second-order valence-electron chi connectivity index (χ2n) is 5.97. The number of fused-ring (bicyclic) bond motifs is 1. The van der Waals surface area contributed by atoms with Crippen LogP contribution >= 0.6 is 11.3 Å². The van der Waals surface area contributed by atoms with Crippen molar-refractivity contribution in [3.8, 4) is 0 Å². The molecule has 8 heteroatoms. The fraction of sp³-hybridized carbons (Fsp3) is 0.353. The van der Waals surface area contributed by atoms with Gasteiger partial charge in [-0.3, -0.25) is 14.4 Å². The second-order valence-corrected chi connectivity index (χ2v) is 6.98. The molecule has 0 saturated carbocycles. The number of aromatic nitrogens is 3. The summed E-state index contributed by atoms with van der Waals surface area (Å²) in [7, 11) is 1.72. The Morgan fingerprint density at radius 3 is 3.04 bits per heavy atom. The van der Waals surface area contributed by atoms with Gasteiger partial charge in [-0.25, -0.2) is 9.37 Å². The highest BCUT2D eigenvalue weighted by atomic mass is 32.1. The van der Waals surface area contributed by atoms with Crippen molar-refractivity contribution in [3.63, 3.8) is 0 Å². The molecular formula is C17H17FN4O2S. The molecule has 1 aliphatic heterocycles. The molecule has 130 valence electrons. The fourth-order valence-electron chi connectivity index (χ4n) is 2.98. The quantitative estimate of drug-likeness (QED) is 0.718. The van der Waals surface area contributed by atoms with Gasteiger partial charge in [-0.2, -0.15) is 5.10 Å². The summed E-state index contributed by atoms with van der Waals surface area (Å²) < 4.78 is 21.9. The highest BCUT2D eigenvalue weighted by Crippen LogP contribution is 2.32. The summed E-state index contributed by atoms with van der Waals surface area (Å²) in [6.45, 7) is 1.10. The van der Waals surface area contributed by atoms with E-state index in [0.717, 1.165) is 12.8 Å². The Morgan fingerprint density at radius 2 is 2.36 bits per heavy atom. The molecule has 3 heterocycles. The van der Waals surface area contributed by atoms with E-state index in [1.54, 1.807) is 36.3 Å². The van der Waals surface area contributed by atoms with Crippen molar-refractivity contribution < 1.29 is 13.9 Å². The zero-order valence-corrected chi connectivity index (χ0v) is 14.5. The van der Waals surface area contributed by atoms with Gasteiger partial charge in [0.2, 0.25) is 0 Å². The van der Waals surface area contributed by atoms with Crippen molar-refractivity contribution >= 4 is 32.6 Å². The number of rotatable bonds is 4. The Kier molecular flexibility index (Phi) is 4.22. The van der Waals surface area contributed by atoms with Gasteiger partial charge in [0.05, 0.1) is 17.3 Å². The summed E-state index contributed by atoms with van der Waals surface area (Å²) in [6.07, 6.45) is 3.42. The van der Waals surface area contributed by atoms with Crippen LogP contribution in [0.5, 0.6) is 0 Å². The van der Waals surface area contributed by atoms with E-state index in [0.29, 0.717) is 28.7 Å². The molecule has 2 aromatic heterocycles. The normalized spacial score (nSPS) is 17.3. The number of halogens is 1. The summed E-state index contributed by atoms with van der Waals surface area (Å²) >= 11 is 1.30. The second kappa shape index (κ2) is 6.53. The minimum absolute atomic E-state index is 0.0333. The highest BCUT2D eigenvalue weighted by molar-refractivity contribution is 7.22. The summed E-state index contributed by atoms with van der Waals surface area (Å²) in [6, 6.07) is 6.49. The van der Waals surface area contributed by atoms with Crippen molar-refractivity contribution in [2.45, 2.75) is 18.9 Å². The van der Waals surface area contributed by atoms with Crippen molar-refractivity contribution in [1.29, 1.82) is 0 Å². The number of para-hydroxylation sites is 1. The molecule has 3 aromatic rings. The molecule has 6 nitrogen and oxygen atoms in total. The van der Waals surface area contributed by atoms with Crippen molar-refractivity contribution in [2.24, 2.45) is 7.05 Å². The first-order valence-corrected chi connectivity index (χ1v) is 8.91. The minimum Gasteiger partial charge on any atom is -0.376 e. The summed E-state index contributed by atoms with van der Waals surface area (Å²) in [5, 5.41) is 4.54. The molecule has 4 rings (SSSR count). The third-order valence-corrected chi connectivity index (χ3v) is 5.33. The van der Waals surface area contributed by atoms with Crippen LogP contribution in [0.4, 0.5) is 9.52 Å². The van der Waals surface area contributed by atoms with Gasteiger partial charge in [0.25, 0.3) is 5.91 Å². The lowest BCUT2D eigenvalue weighted by atomic mass is 10.2. The van der Waals surface area contributed by atoms with Crippen LogP contribution in [0.15, 0.2) is 30.5 Å². The molecule has 0 aliphatic carbocycles. The van der Waals surface area contributed by atoms with E-state index in [1.807, 2.05) is 0 Å². The largest absolute Gasteiger partial charge is 0.376 e. The van der Waals surface area contributed by atoms with E-state index in [1.165, 1.54) is 22.1 Å². The van der Waals surface area contributed by atoms with Gasteiger partial charge >= 0.3 is 0 Å². The van der Waals surface area contributed by atoms with Crippen LogP contribution in [-0.2, 0) is 11.8 Å². The van der Waals surface area contributed by atoms with E-state index in [2.05, 4.69) is 10.1 Å². The summed E-state index contributed by atoms with van der Waals surface area (Å²) in [4.78, 5) is 19.0. The number of anilines is 1. The third kappa shape index (κ3) is 3.03. The number of aryl methyl sites for hydroxylation is 1. The molecule has 25 heavy (non-hydrogen) atoms. The van der Waals surface area contributed by atoms with Gasteiger partial charge in [0.15, 0.2) is 5.13 Å². The molecule has 0 radical (unpaired) electrons. The Bertz CT molecular complexity index is 916. The standard InChI is InChI=1S/C17H17FN4O2S/c1-21-13(7-8-19-21)16(23)22(10-11-4-3-9-24-11)17-20-15-12(18)5-2-6-14(15)25-17/h2,5-8,11H,3-4,9-10H2,1H3. The van der Waals surface area contributed by atoms with E-state index in [4.69, 9.17) is 4.74 Å². The number of nitrogens with zero attached hydrogens (tertiary/aromatic N) is 4. The summed E-state index contributed by atoms with van der Waals surface area (Å²) in [5.41, 5.74) is 0.746. The molecule has 0 bridgehead atoms.